The van der Waals surface area contributed by atoms with E-state index in [0.717, 1.165) is 107 Å². The van der Waals surface area contributed by atoms with Gasteiger partial charge in [-0.05, 0) is 102 Å². The lowest BCUT2D eigenvalue weighted by atomic mass is 9.48. The molecular weight excluding hydrogens is 997 g/mol. The van der Waals surface area contributed by atoms with Crippen molar-refractivity contribution in [1.29, 1.82) is 10.5 Å². The molecule has 3 atom stereocenters. The maximum absolute atomic E-state index is 12.9. The monoisotopic (exact) mass is 1050 g/mol. The van der Waals surface area contributed by atoms with Crippen molar-refractivity contribution in [3.05, 3.63) is 312 Å². The normalized spacial score (nSPS) is 20.5. The van der Waals surface area contributed by atoms with Crippen LogP contribution in [-0.4, -0.2) is 20.7 Å². The number of hydrogen-bond donors (Lipinski definition) is 0. The van der Waals surface area contributed by atoms with Crippen molar-refractivity contribution in [3.63, 3.8) is 0 Å². The molecule has 5 aliphatic rings. The summed E-state index contributed by atoms with van der Waals surface area (Å²) in [6.45, 7) is 7.14. The highest BCUT2D eigenvalue weighted by Gasteiger charge is 2.67. The van der Waals surface area contributed by atoms with Gasteiger partial charge in [0.25, 0.3) is 0 Å². The van der Waals surface area contributed by atoms with Crippen molar-refractivity contribution in [2.75, 3.05) is 9.80 Å². The van der Waals surface area contributed by atoms with Gasteiger partial charge in [-0.3, -0.25) is 0 Å². The molecule has 0 N–H and O–H groups in total. The number of rotatable bonds is 6. The van der Waals surface area contributed by atoms with E-state index in [1.54, 1.807) is 0 Å². The lowest BCUT2D eigenvalue weighted by Gasteiger charge is -2.66. The molecule has 16 rings (SSSR count). The van der Waals surface area contributed by atoms with Crippen LogP contribution in [0.4, 0.5) is 17.1 Å². The highest BCUT2D eigenvalue weighted by Crippen LogP contribution is 2.68. The fourth-order valence-electron chi connectivity index (χ4n) is 15.7. The SMILES string of the molecule is C=C1/C=C\CC2(C3=C(C=CCC3)N2c2c(C#N)c(C#N)c(-n3c4ccccc4c4ccccc43)c(-n3c4ccccc4c4ccccc43)c2N2c3ccccc3C3(C)C=CC=CC23)C(c2ccccc2)(c2ccccc2)c2ccccc21. The van der Waals surface area contributed by atoms with Gasteiger partial charge in [-0.15, -0.1) is 0 Å². The van der Waals surface area contributed by atoms with Crippen molar-refractivity contribution >= 4 is 66.2 Å². The summed E-state index contributed by atoms with van der Waals surface area (Å²) in [5.41, 5.74) is 14.9. The van der Waals surface area contributed by atoms with Crippen LogP contribution in [-0.2, 0) is 10.8 Å². The number of benzene rings is 9. The zero-order valence-electron chi connectivity index (χ0n) is 45.3. The van der Waals surface area contributed by atoms with E-state index in [2.05, 4.69) is 293 Å². The molecular formula is C76H54N6. The summed E-state index contributed by atoms with van der Waals surface area (Å²) in [5.74, 6) is 0. The molecule has 0 bridgehead atoms. The molecule has 82 heavy (non-hydrogen) atoms. The van der Waals surface area contributed by atoms with Crippen molar-refractivity contribution in [2.24, 2.45) is 0 Å². The van der Waals surface area contributed by atoms with Crippen LogP contribution in [0.25, 0.3) is 60.6 Å². The Morgan fingerprint density at radius 3 is 1.62 bits per heavy atom. The Labute approximate surface area is 477 Å². The second-order valence-corrected chi connectivity index (χ2v) is 22.6. The number of allylic oxidation sites excluding steroid dienone is 6. The fraction of sp³-hybridized carbons (Fsp3) is 0.105. The Kier molecular flexibility index (Phi) is 10.3. The first kappa shape index (κ1) is 47.6. The highest BCUT2D eigenvalue weighted by molar-refractivity contribution is 6.14. The average Bonchev–Trinajstić information content (AvgIpc) is 2.39. The summed E-state index contributed by atoms with van der Waals surface area (Å²) in [4.78, 5) is 5.14. The number of nitrogens with zero attached hydrogens (tertiary/aromatic N) is 6. The molecule has 0 fully saturated rings. The molecule has 6 heteroatoms. The second-order valence-electron chi connectivity index (χ2n) is 22.6. The summed E-state index contributed by atoms with van der Waals surface area (Å²) in [7, 11) is 0. The van der Waals surface area contributed by atoms with Crippen molar-refractivity contribution < 1.29 is 0 Å². The molecule has 388 valence electrons. The summed E-state index contributed by atoms with van der Waals surface area (Å²) < 4.78 is 4.73. The van der Waals surface area contributed by atoms with E-state index in [1.165, 1.54) is 11.1 Å². The van der Waals surface area contributed by atoms with Crippen LogP contribution in [0.2, 0.25) is 0 Å². The van der Waals surface area contributed by atoms with Crippen LogP contribution in [0.15, 0.2) is 273 Å². The highest BCUT2D eigenvalue weighted by atomic mass is 15.3. The molecule has 0 saturated heterocycles. The van der Waals surface area contributed by atoms with Gasteiger partial charge in [0, 0.05) is 38.3 Å². The average molecular weight is 1050 g/mol. The molecule has 6 nitrogen and oxygen atoms in total. The number of anilines is 3. The third kappa shape index (κ3) is 6.05. The van der Waals surface area contributed by atoms with Gasteiger partial charge in [-0.2, -0.15) is 10.5 Å². The van der Waals surface area contributed by atoms with E-state index in [0.29, 0.717) is 28.9 Å². The van der Waals surface area contributed by atoms with E-state index >= 15 is 0 Å². The van der Waals surface area contributed by atoms with Gasteiger partial charge in [-0.25, -0.2) is 0 Å². The van der Waals surface area contributed by atoms with Gasteiger partial charge in [0.05, 0.1) is 72.9 Å². The van der Waals surface area contributed by atoms with E-state index in [1.807, 2.05) is 0 Å². The van der Waals surface area contributed by atoms with Crippen molar-refractivity contribution in [1.82, 2.24) is 9.13 Å². The number of nitriles is 2. The molecule has 1 spiro atoms. The molecule has 11 aromatic rings. The molecule has 0 saturated carbocycles. The summed E-state index contributed by atoms with van der Waals surface area (Å²) in [6, 6.07) is 79.8. The number of para-hydroxylation sites is 5. The standard InChI is InChI=1S/C76H54N6/c1-50-26-25-47-75(76(51-27-5-3-6-28-51,52-29-7-4-8-30-52)60-36-14-9-31-53(50)60)62-38-16-22-44-68(62)82(75)71-59(49-78)58(48-77)70(79-63-39-17-10-32-54(63)55-33-11-18-40-64(55)79)72(80-65-41-19-12-34-56(65)57-35-13-20-42-66(57)80)73(71)81-67-43-21-15-37-61(67)74(2)46-24-23-45-69(74)81/h3-15,17-37,39-46,69H,1,16,38,47H2,2H3/b26-25-. The number of aromatic nitrogens is 2. The second kappa shape index (κ2) is 17.8. The maximum Gasteiger partial charge on any atom is 0.103 e. The Hall–Kier alpha value is -10.4. The largest absolute Gasteiger partial charge is 0.329 e. The predicted molar refractivity (Wildman–Crippen MR) is 335 cm³/mol. The van der Waals surface area contributed by atoms with Gasteiger partial charge >= 0.3 is 0 Å². The first-order valence-electron chi connectivity index (χ1n) is 28.5. The van der Waals surface area contributed by atoms with Crippen molar-refractivity contribution in [3.8, 4) is 23.5 Å². The molecule has 4 heterocycles. The smallest absolute Gasteiger partial charge is 0.103 e. The van der Waals surface area contributed by atoms with E-state index in [9.17, 15) is 10.5 Å². The first-order valence-corrected chi connectivity index (χ1v) is 28.5. The quantitative estimate of drug-likeness (QED) is 0.166. The van der Waals surface area contributed by atoms with Gasteiger partial charge in [0.15, 0.2) is 0 Å². The molecule has 2 aliphatic heterocycles. The molecule has 0 radical (unpaired) electrons. The third-order valence-corrected chi connectivity index (χ3v) is 18.9. The molecule has 3 unspecified atom stereocenters. The zero-order valence-corrected chi connectivity index (χ0v) is 45.3. The third-order valence-electron chi connectivity index (χ3n) is 18.9. The Morgan fingerprint density at radius 1 is 0.512 bits per heavy atom. The molecule has 9 aromatic carbocycles. The summed E-state index contributed by atoms with van der Waals surface area (Å²) in [6.07, 6.45) is 20.4. The summed E-state index contributed by atoms with van der Waals surface area (Å²) in [5, 5.41) is 29.8. The topological polar surface area (TPSA) is 63.9 Å². The van der Waals surface area contributed by atoms with Crippen LogP contribution in [0.5, 0.6) is 0 Å². The Morgan fingerprint density at radius 2 is 1.02 bits per heavy atom. The number of fused-ring (bicyclic) bond motifs is 11. The Bertz CT molecular complexity index is 4670. The predicted octanol–water partition coefficient (Wildman–Crippen LogP) is 17.7. The van der Waals surface area contributed by atoms with E-state index in [4.69, 9.17) is 6.58 Å². The van der Waals surface area contributed by atoms with Gasteiger partial charge < -0.3 is 18.9 Å². The summed E-state index contributed by atoms with van der Waals surface area (Å²) >= 11 is 0. The lowest BCUT2D eigenvalue weighted by molar-refractivity contribution is 0.293. The van der Waals surface area contributed by atoms with Crippen LogP contribution in [0.1, 0.15) is 65.1 Å². The zero-order chi connectivity index (χ0) is 54.9. The van der Waals surface area contributed by atoms with Crippen LogP contribution in [0.3, 0.4) is 0 Å². The number of hydrogen-bond acceptors (Lipinski definition) is 4. The lowest BCUT2D eigenvalue weighted by Crippen LogP contribution is -2.71. The van der Waals surface area contributed by atoms with Gasteiger partial charge in [0.1, 0.15) is 12.1 Å². The van der Waals surface area contributed by atoms with E-state index in [-0.39, 0.29) is 6.04 Å². The van der Waals surface area contributed by atoms with Gasteiger partial charge in [0.2, 0.25) is 0 Å². The molecule has 3 aliphatic carbocycles. The fourth-order valence-corrected chi connectivity index (χ4v) is 15.7. The Balaban J connectivity index is 1.19. The van der Waals surface area contributed by atoms with Crippen molar-refractivity contribution in [2.45, 2.75) is 48.6 Å². The minimum Gasteiger partial charge on any atom is -0.329 e. The minimum absolute atomic E-state index is 0.271. The van der Waals surface area contributed by atoms with Crippen LogP contribution >= 0.6 is 0 Å². The minimum atomic E-state index is -0.954. The van der Waals surface area contributed by atoms with E-state index < -0.39 is 16.4 Å². The molecule has 2 aromatic heterocycles. The van der Waals surface area contributed by atoms with Crippen LogP contribution in [0, 0.1) is 22.7 Å². The van der Waals surface area contributed by atoms with Gasteiger partial charge in [-0.1, -0.05) is 225 Å². The van der Waals surface area contributed by atoms with Crippen LogP contribution < -0.4 is 9.80 Å². The first-order chi connectivity index (χ1) is 40.5. The molecule has 0 amide bonds. The maximum atomic E-state index is 12.9.